The predicted molar refractivity (Wildman–Crippen MR) is 85.7 cm³/mol. The fraction of sp³-hybridized carbons (Fsp3) is 0.533. The summed E-state index contributed by atoms with van der Waals surface area (Å²) in [6, 6.07) is 8.19. The van der Waals surface area contributed by atoms with E-state index >= 15 is 0 Å². The number of nitrogens with one attached hydrogen (secondary N) is 1. The molecule has 0 bridgehead atoms. The number of benzene rings is 1. The van der Waals surface area contributed by atoms with Crippen LogP contribution in [0.1, 0.15) is 37.8 Å². The van der Waals surface area contributed by atoms with Crippen LogP contribution in [0.25, 0.3) is 0 Å². The molecule has 0 aliphatic carbocycles. The second-order valence-corrected chi connectivity index (χ2v) is 6.32. The first-order chi connectivity index (χ1) is 10.9. The van der Waals surface area contributed by atoms with Crippen molar-refractivity contribution in [2.45, 2.75) is 32.2 Å². The van der Waals surface area contributed by atoms with Crippen molar-refractivity contribution in [3.8, 4) is 0 Å². The summed E-state index contributed by atoms with van der Waals surface area (Å²) >= 11 is 0. The molecule has 1 aromatic carbocycles. The lowest BCUT2D eigenvalue weighted by Gasteiger charge is -2.19. The number of hydrogen-bond acceptors (Lipinski definition) is 4. The van der Waals surface area contributed by atoms with Gasteiger partial charge in [0.2, 0.25) is 5.91 Å². The quantitative estimate of drug-likeness (QED) is 0.419. The standard InChI is InChI=1S/C15H24NO6P/c1-2-3-7-10-21-12-15(17)16-14(11-22-23(18,19)20)13-8-5-4-6-9-13/h4-6,8-9,14H,2-3,7,10-12H2,1H3,(H,16,17)(H2,18,19,20)/t14-/m0/s1. The van der Waals surface area contributed by atoms with Crippen molar-refractivity contribution in [3.63, 3.8) is 0 Å². The van der Waals surface area contributed by atoms with E-state index in [9.17, 15) is 9.36 Å². The number of amides is 1. The normalized spacial score (nSPS) is 12.8. The van der Waals surface area contributed by atoms with Gasteiger partial charge < -0.3 is 19.8 Å². The van der Waals surface area contributed by atoms with Gasteiger partial charge in [0, 0.05) is 6.61 Å². The molecule has 0 saturated carbocycles. The Labute approximate surface area is 136 Å². The summed E-state index contributed by atoms with van der Waals surface area (Å²) in [5, 5.41) is 2.66. The molecule has 0 heterocycles. The summed E-state index contributed by atoms with van der Waals surface area (Å²) in [6.45, 7) is 2.17. The van der Waals surface area contributed by atoms with Crippen LogP contribution in [0, 0.1) is 0 Å². The average Bonchev–Trinajstić information content (AvgIpc) is 2.51. The molecule has 3 N–H and O–H groups in total. The summed E-state index contributed by atoms with van der Waals surface area (Å²) in [5.74, 6) is -0.357. The summed E-state index contributed by atoms with van der Waals surface area (Å²) in [4.78, 5) is 29.5. The Morgan fingerprint density at radius 2 is 1.96 bits per heavy atom. The van der Waals surface area contributed by atoms with Gasteiger partial charge in [0.25, 0.3) is 0 Å². The van der Waals surface area contributed by atoms with E-state index < -0.39 is 13.9 Å². The third-order valence-corrected chi connectivity index (χ3v) is 3.56. The molecule has 23 heavy (non-hydrogen) atoms. The van der Waals surface area contributed by atoms with Gasteiger partial charge in [0.1, 0.15) is 6.61 Å². The number of carbonyl (C=O) groups excluding carboxylic acids is 1. The first-order valence-electron chi connectivity index (χ1n) is 7.54. The summed E-state index contributed by atoms with van der Waals surface area (Å²) < 4.78 is 20.6. The number of carbonyl (C=O) groups is 1. The molecule has 1 amide bonds. The molecule has 0 aliphatic heterocycles. The Bertz CT molecular complexity index is 504. The Morgan fingerprint density at radius 1 is 1.26 bits per heavy atom. The zero-order chi connectivity index (χ0) is 17.1. The van der Waals surface area contributed by atoms with E-state index in [0.29, 0.717) is 12.2 Å². The maximum absolute atomic E-state index is 11.9. The SMILES string of the molecule is CCCCCOCC(=O)N[C@@H](COP(=O)(O)O)c1ccccc1. The fourth-order valence-corrected chi connectivity index (χ4v) is 2.28. The van der Waals surface area contributed by atoms with E-state index in [0.717, 1.165) is 19.3 Å². The highest BCUT2D eigenvalue weighted by Gasteiger charge is 2.21. The molecular weight excluding hydrogens is 321 g/mol. The van der Waals surface area contributed by atoms with Gasteiger partial charge in [-0.1, -0.05) is 50.1 Å². The molecule has 0 aromatic heterocycles. The Morgan fingerprint density at radius 3 is 2.57 bits per heavy atom. The van der Waals surface area contributed by atoms with Crippen LogP contribution in [0.5, 0.6) is 0 Å². The van der Waals surface area contributed by atoms with Gasteiger partial charge in [0.05, 0.1) is 12.6 Å². The molecule has 7 nitrogen and oxygen atoms in total. The largest absolute Gasteiger partial charge is 0.469 e. The van der Waals surface area contributed by atoms with Crippen LogP contribution in [0.3, 0.4) is 0 Å². The molecule has 0 saturated heterocycles. The van der Waals surface area contributed by atoms with Crippen molar-refractivity contribution in [1.29, 1.82) is 0 Å². The molecule has 1 atom stereocenters. The molecule has 0 unspecified atom stereocenters. The van der Waals surface area contributed by atoms with Crippen molar-refractivity contribution in [3.05, 3.63) is 35.9 Å². The van der Waals surface area contributed by atoms with Crippen LogP contribution >= 0.6 is 7.82 Å². The number of hydrogen-bond donors (Lipinski definition) is 3. The minimum absolute atomic E-state index is 0.0943. The molecular formula is C15H24NO6P. The predicted octanol–water partition coefficient (Wildman–Crippen LogP) is 2.16. The lowest BCUT2D eigenvalue weighted by Crippen LogP contribution is -2.34. The zero-order valence-corrected chi connectivity index (χ0v) is 14.1. The second kappa shape index (κ2) is 10.5. The smallest absolute Gasteiger partial charge is 0.372 e. The highest BCUT2D eigenvalue weighted by atomic mass is 31.2. The van der Waals surface area contributed by atoms with Gasteiger partial charge in [-0.25, -0.2) is 4.57 Å². The molecule has 0 radical (unpaired) electrons. The van der Waals surface area contributed by atoms with Crippen LogP contribution < -0.4 is 5.32 Å². The molecule has 130 valence electrons. The van der Waals surface area contributed by atoms with Crippen molar-refractivity contribution in [2.24, 2.45) is 0 Å². The number of rotatable bonds is 11. The summed E-state index contributed by atoms with van der Waals surface area (Å²) in [6.07, 6.45) is 3.02. The van der Waals surface area contributed by atoms with E-state index in [4.69, 9.17) is 14.5 Å². The molecule has 1 rings (SSSR count). The van der Waals surface area contributed by atoms with E-state index in [1.807, 2.05) is 6.07 Å². The van der Waals surface area contributed by atoms with E-state index in [-0.39, 0.29) is 19.1 Å². The van der Waals surface area contributed by atoms with Gasteiger partial charge in [-0.05, 0) is 12.0 Å². The van der Waals surface area contributed by atoms with Crippen LogP contribution in [0.4, 0.5) is 0 Å². The van der Waals surface area contributed by atoms with E-state index in [1.54, 1.807) is 24.3 Å². The van der Waals surface area contributed by atoms with Crippen LogP contribution in [0.2, 0.25) is 0 Å². The molecule has 0 spiro atoms. The number of phosphoric acid groups is 1. The van der Waals surface area contributed by atoms with Crippen molar-refractivity contribution >= 4 is 13.7 Å². The van der Waals surface area contributed by atoms with Crippen molar-refractivity contribution in [2.75, 3.05) is 19.8 Å². The fourth-order valence-electron chi connectivity index (χ4n) is 1.93. The monoisotopic (exact) mass is 345 g/mol. The minimum Gasteiger partial charge on any atom is -0.372 e. The molecule has 1 aromatic rings. The van der Waals surface area contributed by atoms with Gasteiger partial charge in [-0.15, -0.1) is 0 Å². The minimum atomic E-state index is -4.60. The highest BCUT2D eigenvalue weighted by Crippen LogP contribution is 2.37. The number of unbranched alkanes of at least 4 members (excludes halogenated alkanes) is 2. The van der Waals surface area contributed by atoms with Gasteiger partial charge >= 0.3 is 7.82 Å². The Balaban J connectivity index is 2.52. The Hall–Kier alpha value is -1.24. The maximum atomic E-state index is 11.9. The number of ether oxygens (including phenoxy) is 1. The highest BCUT2D eigenvalue weighted by molar-refractivity contribution is 7.46. The van der Waals surface area contributed by atoms with Gasteiger partial charge in [0.15, 0.2) is 0 Å². The van der Waals surface area contributed by atoms with Gasteiger partial charge in [-0.2, -0.15) is 0 Å². The first kappa shape index (κ1) is 19.8. The van der Waals surface area contributed by atoms with Gasteiger partial charge in [-0.3, -0.25) is 9.32 Å². The molecule has 0 aliphatic rings. The van der Waals surface area contributed by atoms with E-state index in [1.165, 1.54) is 0 Å². The van der Waals surface area contributed by atoms with Crippen LogP contribution in [-0.4, -0.2) is 35.5 Å². The first-order valence-corrected chi connectivity index (χ1v) is 9.07. The topological polar surface area (TPSA) is 105 Å². The maximum Gasteiger partial charge on any atom is 0.469 e. The van der Waals surface area contributed by atoms with Crippen LogP contribution in [-0.2, 0) is 18.6 Å². The number of phosphoric ester groups is 1. The third-order valence-electron chi connectivity index (χ3n) is 3.07. The van der Waals surface area contributed by atoms with Crippen LogP contribution in [0.15, 0.2) is 30.3 Å². The van der Waals surface area contributed by atoms with E-state index in [2.05, 4.69) is 16.8 Å². The van der Waals surface area contributed by atoms with Crippen molar-refractivity contribution in [1.82, 2.24) is 5.32 Å². The molecule has 8 heteroatoms. The molecule has 0 fully saturated rings. The lowest BCUT2D eigenvalue weighted by atomic mass is 10.1. The summed E-state index contributed by atoms with van der Waals surface area (Å²) in [7, 11) is -4.60. The Kier molecular flexibility index (Phi) is 9.06. The zero-order valence-electron chi connectivity index (χ0n) is 13.2. The summed E-state index contributed by atoms with van der Waals surface area (Å²) in [5.41, 5.74) is 0.695. The third kappa shape index (κ3) is 9.48. The second-order valence-electron chi connectivity index (χ2n) is 5.08. The van der Waals surface area contributed by atoms with Crippen molar-refractivity contribution < 1.29 is 28.4 Å². The average molecular weight is 345 g/mol. The lowest BCUT2D eigenvalue weighted by molar-refractivity contribution is -0.126.